The van der Waals surface area contributed by atoms with Crippen molar-refractivity contribution >= 4 is 42.7 Å². The Labute approximate surface area is 303 Å². The summed E-state index contributed by atoms with van der Waals surface area (Å²) in [6, 6.07) is 54.4. The van der Waals surface area contributed by atoms with Gasteiger partial charge < -0.3 is 9.55 Å². The summed E-state index contributed by atoms with van der Waals surface area (Å²) in [4.78, 5) is 14.0. The van der Waals surface area contributed by atoms with Crippen molar-refractivity contribution in [1.82, 2.24) is 19.5 Å². The van der Waals surface area contributed by atoms with E-state index in [1.807, 2.05) is 72.9 Å². The van der Waals surface area contributed by atoms with E-state index >= 15 is 0 Å². The molecule has 4 aromatic heterocycles. The third kappa shape index (κ3) is 6.34. The number of pyridine rings is 2. The van der Waals surface area contributed by atoms with Gasteiger partial charge in [0, 0.05) is 42.4 Å². The van der Waals surface area contributed by atoms with E-state index in [1.54, 1.807) is 6.20 Å². The molecule has 1 radical (unpaired) electrons. The van der Waals surface area contributed by atoms with Gasteiger partial charge in [-0.1, -0.05) is 90.7 Å². The monoisotopic (exact) mass is 827 g/mol. The van der Waals surface area contributed by atoms with Crippen molar-refractivity contribution in [3.05, 3.63) is 169 Å². The molecule has 239 valence electrons. The van der Waals surface area contributed by atoms with Gasteiger partial charge in [-0.3, -0.25) is 4.98 Å². The average molecular weight is 827 g/mol. The van der Waals surface area contributed by atoms with Crippen LogP contribution in [0.25, 0.3) is 70.8 Å². The first-order valence-corrected chi connectivity index (χ1v) is 16.7. The molecule has 0 atom stereocenters. The number of nitrogens with zero attached hydrogens (tertiary/aromatic N) is 4. The van der Waals surface area contributed by atoms with Crippen LogP contribution in [0.3, 0.4) is 0 Å². The number of imidazole rings is 1. The van der Waals surface area contributed by atoms with Crippen molar-refractivity contribution in [2.24, 2.45) is 0 Å². The second kappa shape index (κ2) is 14.1. The van der Waals surface area contributed by atoms with Gasteiger partial charge in [-0.15, -0.1) is 53.6 Å². The van der Waals surface area contributed by atoms with Crippen molar-refractivity contribution < 1.29 is 20.1 Å². The van der Waals surface area contributed by atoms with Crippen LogP contribution in [0.1, 0.15) is 11.3 Å². The van der Waals surface area contributed by atoms with E-state index in [9.17, 15) is 0 Å². The summed E-state index contributed by atoms with van der Waals surface area (Å²) in [5, 5.41) is 2.55. The van der Waals surface area contributed by atoms with Gasteiger partial charge in [-0.05, 0) is 70.2 Å². The number of aryl methyl sites for hydroxylation is 2. The minimum absolute atomic E-state index is 0. The van der Waals surface area contributed by atoms with Crippen LogP contribution in [0, 0.1) is 26.0 Å². The summed E-state index contributed by atoms with van der Waals surface area (Å²) in [6.45, 7) is 4.18. The van der Waals surface area contributed by atoms with E-state index in [0.717, 1.165) is 45.2 Å². The van der Waals surface area contributed by atoms with E-state index in [1.165, 1.54) is 36.9 Å². The molecule has 49 heavy (non-hydrogen) atoms. The fourth-order valence-corrected chi connectivity index (χ4v) is 7.41. The SMILES string of the molecule is Cc1ccc2c(n1)nc(-c1[c-]cc(C)c3c1sc1cc(-c4ccccc4)ccc13)n2-c1ccccc1.[Ir].[c-]1ccccc1-c1ccccn1. The summed E-state index contributed by atoms with van der Waals surface area (Å²) in [7, 11) is 0. The summed E-state index contributed by atoms with van der Waals surface area (Å²) in [6.07, 6.45) is 1.79. The number of thiophene rings is 1. The molecule has 4 nitrogen and oxygen atoms in total. The topological polar surface area (TPSA) is 43.6 Å². The number of aromatic nitrogens is 4. The van der Waals surface area contributed by atoms with Crippen LogP contribution in [0.4, 0.5) is 0 Å². The van der Waals surface area contributed by atoms with Gasteiger partial charge >= 0.3 is 0 Å². The van der Waals surface area contributed by atoms with Gasteiger partial charge in [0.1, 0.15) is 0 Å². The molecular formula is C43H30IrN4S-2. The summed E-state index contributed by atoms with van der Waals surface area (Å²) in [5.74, 6) is 0.870. The first-order valence-electron chi connectivity index (χ1n) is 15.9. The molecule has 0 saturated carbocycles. The summed E-state index contributed by atoms with van der Waals surface area (Å²) < 4.78 is 4.69. The maximum Gasteiger partial charge on any atom is 0.168 e. The van der Waals surface area contributed by atoms with E-state index in [4.69, 9.17) is 9.97 Å². The maximum atomic E-state index is 5.06. The van der Waals surface area contributed by atoms with Crippen LogP contribution in [0.2, 0.25) is 0 Å². The zero-order valence-corrected chi connectivity index (χ0v) is 30.1. The van der Waals surface area contributed by atoms with Crippen LogP contribution in [0.15, 0.2) is 146 Å². The Hall–Kier alpha value is -5.26. The van der Waals surface area contributed by atoms with Crippen LogP contribution in [-0.2, 0) is 20.1 Å². The number of hydrogen-bond donors (Lipinski definition) is 0. The van der Waals surface area contributed by atoms with Gasteiger partial charge in [0.05, 0.1) is 11.3 Å². The molecule has 0 fully saturated rings. The zero-order valence-electron chi connectivity index (χ0n) is 26.9. The molecular weight excluding hydrogens is 797 g/mol. The normalized spacial score (nSPS) is 10.9. The van der Waals surface area contributed by atoms with Crippen molar-refractivity contribution in [1.29, 1.82) is 0 Å². The van der Waals surface area contributed by atoms with Crippen molar-refractivity contribution in [3.63, 3.8) is 0 Å². The van der Waals surface area contributed by atoms with E-state index in [2.05, 4.69) is 114 Å². The number of rotatable bonds is 4. The van der Waals surface area contributed by atoms with Crippen LogP contribution in [0.5, 0.6) is 0 Å². The Morgan fingerprint density at radius 1 is 0.694 bits per heavy atom. The third-order valence-corrected chi connectivity index (χ3v) is 9.57. The minimum atomic E-state index is 0. The largest absolute Gasteiger partial charge is 0.332 e. The summed E-state index contributed by atoms with van der Waals surface area (Å²) >= 11 is 1.82. The van der Waals surface area contributed by atoms with Crippen molar-refractivity contribution in [2.45, 2.75) is 13.8 Å². The smallest absolute Gasteiger partial charge is 0.168 e. The Kier molecular flexibility index (Phi) is 9.27. The molecule has 5 aromatic carbocycles. The number of benzene rings is 5. The Morgan fingerprint density at radius 3 is 2.22 bits per heavy atom. The third-order valence-electron chi connectivity index (χ3n) is 8.40. The van der Waals surface area contributed by atoms with E-state index < -0.39 is 0 Å². The minimum Gasteiger partial charge on any atom is -0.332 e. The number of hydrogen-bond acceptors (Lipinski definition) is 4. The molecule has 4 heterocycles. The predicted octanol–water partition coefficient (Wildman–Crippen LogP) is 11.1. The maximum absolute atomic E-state index is 5.06. The quantitative estimate of drug-likeness (QED) is 0.166. The standard InChI is InChI=1S/C32H22N3S.C11H8N.Ir/c1-20-13-16-26(30-29(20)25-17-15-23(19-28(25)36-30)22-9-5-3-6-10-22)32-34-31-27(18-14-21(2)33-31)35(32)24-11-7-4-8-12-24;1-2-6-10(7-3-1)11-8-4-5-9-12-11;/h3-15,17-19H,1-2H3;1-6,8-9H;/q2*-1;. The molecule has 0 aliphatic rings. The summed E-state index contributed by atoms with van der Waals surface area (Å²) in [5.41, 5.74) is 10.5. The zero-order chi connectivity index (χ0) is 32.5. The van der Waals surface area contributed by atoms with Gasteiger partial charge in [0.15, 0.2) is 5.65 Å². The molecule has 0 spiro atoms. The van der Waals surface area contributed by atoms with Gasteiger partial charge in [-0.25, -0.2) is 4.98 Å². The molecule has 0 saturated heterocycles. The predicted molar refractivity (Wildman–Crippen MR) is 199 cm³/mol. The van der Waals surface area contributed by atoms with Crippen LogP contribution < -0.4 is 0 Å². The first kappa shape index (κ1) is 32.3. The van der Waals surface area contributed by atoms with Crippen molar-refractivity contribution in [3.8, 4) is 39.5 Å². The second-order valence-corrected chi connectivity index (χ2v) is 12.7. The van der Waals surface area contributed by atoms with Gasteiger partial charge in [0.25, 0.3) is 0 Å². The fraction of sp³-hybridized carbons (Fsp3) is 0.0465. The number of fused-ring (bicyclic) bond motifs is 4. The Balaban J connectivity index is 0.000000246. The molecule has 9 aromatic rings. The second-order valence-electron chi connectivity index (χ2n) is 11.6. The molecule has 0 aliphatic heterocycles. The van der Waals surface area contributed by atoms with Crippen LogP contribution >= 0.6 is 11.3 Å². The molecule has 0 bridgehead atoms. The Bertz CT molecular complexity index is 2470. The first-order chi connectivity index (χ1) is 23.6. The van der Waals surface area contributed by atoms with Gasteiger partial charge in [0.2, 0.25) is 0 Å². The van der Waals surface area contributed by atoms with E-state index in [0.29, 0.717) is 0 Å². The molecule has 0 amide bonds. The fourth-order valence-electron chi connectivity index (χ4n) is 6.10. The molecule has 0 N–H and O–H groups in total. The molecule has 0 aliphatic carbocycles. The molecule has 9 rings (SSSR count). The molecule has 6 heteroatoms. The molecule has 0 unspecified atom stereocenters. The van der Waals surface area contributed by atoms with E-state index in [-0.39, 0.29) is 20.1 Å². The van der Waals surface area contributed by atoms with Crippen molar-refractivity contribution in [2.75, 3.05) is 0 Å². The van der Waals surface area contributed by atoms with Crippen LogP contribution in [-0.4, -0.2) is 19.5 Å². The Morgan fingerprint density at radius 2 is 1.47 bits per heavy atom. The average Bonchev–Trinajstić information content (AvgIpc) is 3.72. The number of para-hydroxylation sites is 1. The van der Waals surface area contributed by atoms with Gasteiger partial charge in [-0.2, -0.15) is 11.3 Å².